The summed E-state index contributed by atoms with van der Waals surface area (Å²) in [6, 6.07) is 6.80. The van der Waals surface area contributed by atoms with Gasteiger partial charge in [-0.3, -0.25) is 0 Å². The van der Waals surface area contributed by atoms with E-state index in [0.29, 0.717) is 0 Å². The Hall–Kier alpha value is -1.35. The minimum Gasteiger partial charge on any atom is -0.313 e. The summed E-state index contributed by atoms with van der Waals surface area (Å²) in [6.45, 7) is 7.07. The molecule has 0 saturated heterocycles. The van der Waals surface area contributed by atoms with Crippen molar-refractivity contribution in [2.45, 2.75) is 44.2 Å². The lowest BCUT2D eigenvalue weighted by Crippen LogP contribution is -2.41. The first-order chi connectivity index (χ1) is 9.30. The highest BCUT2D eigenvalue weighted by atomic mass is 32.2. The predicted molar refractivity (Wildman–Crippen MR) is 81.7 cm³/mol. The highest BCUT2D eigenvalue weighted by molar-refractivity contribution is 7.89. The number of terminal acetylenes is 1. The van der Waals surface area contributed by atoms with Crippen LogP contribution >= 0.6 is 0 Å². The van der Waals surface area contributed by atoms with E-state index in [9.17, 15) is 8.42 Å². The van der Waals surface area contributed by atoms with Crippen LogP contribution in [0.2, 0.25) is 0 Å². The normalized spacial score (nSPS) is 12.1. The Morgan fingerprint density at radius 2 is 1.85 bits per heavy atom. The molecule has 1 aromatic carbocycles. The molecule has 2 N–H and O–H groups in total. The van der Waals surface area contributed by atoms with Gasteiger partial charge in [0.25, 0.3) is 0 Å². The third-order valence-electron chi connectivity index (χ3n) is 2.74. The Kier molecular flexibility index (Phi) is 5.75. The van der Waals surface area contributed by atoms with Crippen molar-refractivity contribution in [2.24, 2.45) is 0 Å². The van der Waals surface area contributed by atoms with Gasteiger partial charge in [0.15, 0.2) is 0 Å². The van der Waals surface area contributed by atoms with E-state index in [1.807, 2.05) is 0 Å². The van der Waals surface area contributed by atoms with Gasteiger partial charge in [-0.2, -0.15) is 4.72 Å². The number of hydrogen-bond donors (Lipinski definition) is 2. The van der Waals surface area contributed by atoms with Crippen LogP contribution in [0.3, 0.4) is 0 Å². The van der Waals surface area contributed by atoms with Crippen molar-refractivity contribution in [1.82, 2.24) is 10.0 Å². The molecular weight excluding hydrogens is 272 g/mol. The third kappa shape index (κ3) is 4.97. The molecule has 0 fully saturated rings. The largest absolute Gasteiger partial charge is 0.313 e. The van der Waals surface area contributed by atoms with Crippen LogP contribution < -0.4 is 10.0 Å². The van der Waals surface area contributed by atoms with Gasteiger partial charge in [0.05, 0.1) is 10.4 Å². The molecule has 0 spiro atoms. The van der Waals surface area contributed by atoms with Gasteiger partial charge in [-0.1, -0.05) is 25.0 Å². The molecule has 0 aliphatic carbocycles. The van der Waals surface area contributed by atoms with E-state index in [-0.39, 0.29) is 4.90 Å². The Morgan fingerprint density at radius 3 is 2.35 bits per heavy atom. The lowest BCUT2D eigenvalue weighted by atomic mass is 10.1. The van der Waals surface area contributed by atoms with Crippen LogP contribution in [0.1, 0.15) is 32.8 Å². The zero-order valence-electron chi connectivity index (χ0n) is 12.2. The van der Waals surface area contributed by atoms with E-state index in [2.05, 4.69) is 22.9 Å². The molecule has 0 amide bonds. The fraction of sp³-hybridized carbons (Fsp3) is 0.467. The Morgan fingerprint density at radius 1 is 1.25 bits per heavy atom. The first-order valence-electron chi connectivity index (χ1n) is 6.62. The maximum absolute atomic E-state index is 12.2. The van der Waals surface area contributed by atoms with Gasteiger partial charge in [-0.15, -0.1) is 6.42 Å². The number of nitrogens with one attached hydrogen (secondary N) is 2. The first kappa shape index (κ1) is 16.7. The summed E-state index contributed by atoms with van der Waals surface area (Å²) in [5.74, 6) is 2.41. The molecule has 0 aliphatic heterocycles. The van der Waals surface area contributed by atoms with Crippen molar-refractivity contribution in [2.75, 3.05) is 6.54 Å². The molecule has 1 rings (SSSR count). The molecule has 0 saturated carbocycles. The van der Waals surface area contributed by atoms with Gasteiger partial charge in [-0.05, 0) is 44.5 Å². The topological polar surface area (TPSA) is 58.2 Å². The van der Waals surface area contributed by atoms with Gasteiger partial charge in [0, 0.05) is 6.54 Å². The van der Waals surface area contributed by atoms with E-state index in [1.54, 1.807) is 38.1 Å². The Balaban J connectivity index is 2.80. The van der Waals surface area contributed by atoms with E-state index in [1.165, 1.54) is 0 Å². The molecule has 0 aromatic heterocycles. The smallest absolute Gasteiger partial charge is 0.241 e. The molecule has 0 radical (unpaired) electrons. The lowest BCUT2D eigenvalue weighted by Gasteiger charge is -2.19. The second-order valence-electron chi connectivity index (χ2n) is 5.20. The van der Waals surface area contributed by atoms with Gasteiger partial charge in [0.1, 0.15) is 0 Å². The minimum atomic E-state index is -3.58. The second-order valence-corrected chi connectivity index (χ2v) is 6.88. The summed E-state index contributed by atoms with van der Waals surface area (Å²) in [7, 11) is -3.58. The molecule has 0 unspecified atom stereocenters. The van der Waals surface area contributed by atoms with Gasteiger partial charge in [-0.25, -0.2) is 8.42 Å². The summed E-state index contributed by atoms with van der Waals surface area (Å²) < 4.78 is 26.8. The fourth-order valence-corrected chi connectivity index (χ4v) is 2.96. The summed E-state index contributed by atoms with van der Waals surface area (Å²) in [6.07, 6.45) is 6.37. The molecule has 20 heavy (non-hydrogen) atoms. The Bertz CT molecular complexity index is 569. The molecule has 0 aliphatic rings. The monoisotopic (exact) mass is 294 g/mol. The minimum absolute atomic E-state index is 0.222. The molecule has 1 aromatic rings. The summed E-state index contributed by atoms with van der Waals surface area (Å²) in [5, 5.41) is 3.27. The van der Waals surface area contributed by atoms with Crippen molar-refractivity contribution in [3.63, 3.8) is 0 Å². The number of rotatable bonds is 7. The van der Waals surface area contributed by atoms with Crippen molar-refractivity contribution < 1.29 is 8.42 Å². The lowest BCUT2D eigenvalue weighted by molar-refractivity contribution is 0.539. The predicted octanol–water partition coefficient (Wildman–Crippen LogP) is 1.88. The summed E-state index contributed by atoms with van der Waals surface area (Å²) in [4.78, 5) is 0.222. The van der Waals surface area contributed by atoms with Crippen LogP contribution in [0.25, 0.3) is 0 Å². The molecule has 0 bridgehead atoms. The highest BCUT2D eigenvalue weighted by Crippen LogP contribution is 2.13. The highest BCUT2D eigenvalue weighted by Gasteiger charge is 2.23. The van der Waals surface area contributed by atoms with Crippen molar-refractivity contribution in [3.05, 3.63) is 29.8 Å². The second kappa shape index (κ2) is 6.89. The summed E-state index contributed by atoms with van der Waals surface area (Å²) >= 11 is 0. The molecular formula is C15H22N2O2S. The van der Waals surface area contributed by atoms with E-state index in [0.717, 1.165) is 25.1 Å². The average Bonchev–Trinajstić information content (AvgIpc) is 2.38. The van der Waals surface area contributed by atoms with Crippen LogP contribution in [0.4, 0.5) is 0 Å². The van der Waals surface area contributed by atoms with E-state index < -0.39 is 15.6 Å². The molecule has 0 atom stereocenters. The average molecular weight is 294 g/mol. The zero-order valence-corrected chi connectivity index (χ0v) is 13.0. The fourth-order valence-electron chi connectivity index (χ4n) is 1.62. The zero-order chi connectivity index (χ0) is 15.2. The van der Waals surface area contributed by atoms with Gasteiger partial charge >= 0.3 is 0 Å². The van der Waals surface area contributed by atoms with Crippen LogP contribution in [0.15, 0.2) is 29.2 Å². The molecule has 4 nitrogen and oxygen atoms in total. The SMILES string of the molecule is C#CC(C)(C)NS(=O)(=O)c1ccc(CNCCC)cc1. The molecule has 110 valence electrons. The Labute approximate surface area is 122 Å². The number of benzene rings is 1. The number of hydrogen-bond acceptors (Lipinski definition) is 3. The van der Waals surface area contributed by atoms with E-state index in [4.69, 9.17) is 6.42 Å². The first-order valence-corrected chi connectivity index (χ1v) is 8.10. The van der Waals surface area contributed by atoms with Crippen LogP contribution in [0.5, 0.6) is 0 Å². The third-order valence-corrected chi connectivity index (χ3v) is 4.41. The number of sulfonamides is 1. The van der Waals surface area contributed by atoms with Crippen molar-refractivity contribution >= 4 is 10.0 Å². The van der Waals surface area contributed by atoms with Gasteiger partial charge in [0.2, 0.25) is 10.0 Å². The van der Waals surface area contributed by atoms with Crippen LogP contribution in [0, 0.1) is 12.3 Å². The van der Waals surface area contributed by atoms with E-state index >= 15 is 0 Å². The quantitative estimate of drug-likeness (QED) is 0.596. The van der Waals surface area contributed by atoms with Crippen LogP contribution in [-0.2, 0) is 16.6 Å². The van der Waals surface area contributed by atoms with Gasteiger partial charge < -0.3 is 5.32 Å². The maximum atomic E-state index is 12.2. The van der Waals surface area contributed by atoms with Crippen molar-refractivity contribution in [1.29, 1.82) is 0 Å². The standard InChI is InChI=1S/C15H22N2O2S/c1-5-11-16-12-13-7-9-14(10-8-13)20(18,19)17-15(3,4)6-2/h2,7-10,16-17H,5,11-12H2,1,3-4H3. The maximum Gasteiger partial charge on any atom is 0.241 e. The summed E-state index contributed by atoms with van der Waals surface area (Å²) in [5.41, 5.74) is 0.147. The van der Waals surface area contributed by atoms with Crippen LogP contribution in [-0.4, -0.2) is 20.5 Å². The molecule has 0 heterocycles. The van der Waals surface area contributed by atoms with Crippen molar-refractivity contribution in [3.8, 4) is 12.3 Å². The molecule has 5 heteroatoms.